The summed E-state index contributed by atoms with van der Waals surface area (Å²) < 4.78 is 0. The molecule has 0 aliphatic heterocycles. The summed E-state index contributed by atoms with van der Waals surface area (Å²) >= 11 is 0. The molecule has 3 heteroatoms. The van der Waals surface area contributed by atoms with Crippen LogP contribution in [0.3, 0.4) is 0 Å². The number of hydrogen-bond donors (Lipinski definition) is 1. The van der Waals surface area contributed by atoms with Crippen LogP contribution in [0, 0.1) is 5.53 Å². The molecule has 0 unspecified atom stereocenters. The van der Waals surface area contributed by atoms with Crippen LogP contribution in [0.4, 0.5) is 0 Å². The molecule has 0 spiro atoms. The summed E-state index contributed by atoms with van der Waals surface area (Å²) in [6.45, 7) is 3.12. The Balaban J connectivity index is 0. The van der Waals surface area contributed by atoms with Crippen molar-refractivity contribution >= 4 is 0 Å². The van der Waals surface area contributed by atoms with E-state index in [-0.39, 0.29) is 20.4 Å². The maximum atomic E-state index is 5.96. The molecule has 5 heavy (non-hydrogen) atoms. The van der Waals surface area contributed by atoms with Gasteiger partial charge in [0.05, 0.1) is 0 Å². The van der Waals surface area contributed by atoms with Gasteiger partial charge in [0.25, 0.3) is 0 Å². The van der Waals surface area contributed by atoms with Gasteiger partial charge in [0.2, 0.25) is 0 Å². The third-order valence-electron chi connectivity index (χ3n) is 0.0913. The third kappa shape index (κ3) is 16.0. The van der Waals surface area contributed by atoms with Crippen LogP contribution in [-0.2, 0) is 20.4 Å². The van der Waals surface area contributed by atoms with Crippen molar-refractivity contribution in [1.29, 1.82) is 5.53 Å². The van der Waals surface area contributed by atoms with Crippen molar-refractivity contribution in [1.82, 2.24) is 0 Å². The molecule has 0 saturated heterocycles. The summed E-state index contributed by atoms with van der Waals surface area (Å²) in [6, 6.07) is 0. The molecule has 0 aromatic heterocycles. The summed E-state index contributed by atoms with van der Waals surface area (Å²) in [5.74, 6) is 0. The molecule has 0 saturated carbocycles. The number of hydrogen-bond acceptors (Lipinski definition) is 2. The summed E-state index contributed by atoms with van der Waals surface area (Å²) in [5, 5.41) is 2.75. The van der Waals surface area contributed by atoms with Gasteiger partial charge in [-0.05, 0) is 0 Å². The molecule has 2 nitrogen and oxygen atoms in total. The van der Waals surface area contributed by atoms with Crippen LogP contribution < -0.4 is 0 Å². The standard InChI is InChI=1S/C2H4N2.Pd/c1-2-4-3;/h2-3H,1H2;. The monoisotopic (exact) mass is 162 g/mol. The summed E-state index contributed by atoms with van der Waals surface area (Å²) in [4.78, 5) is 0. The average molecular weight is 162 g/mol. The SMILES string of the molecule is C=CN=N.[Pd]. The van der Waals surface area contributed by atoms with E-state index < -0.39 is 0 Å². The van der Waals surface area contributed by atoms with E-state index in [1.807, 2.05) is 0 Å². The molecule has 0 aromatic carbocycles. The largest absolute Gasteiger partial charge is 0.205 e. The van der Waals surface area contributed by atoms with Crippen LogP contribution in [0.25, 0.3) is 0 Å². The van der Waals surface area contributed by atoms with Crippen LogP contribution in [0.1, 0.15) is 0 Å². The zero-order valence-electron chi connectivity index (χ0n) is 2.55. The second-order valence-electron chi connectivity index (χ2n) is 0.312. The van der Waals surface area contributed by atoms with E-state index in [0.717, 1.165) is 0 Å². The van der Waals surface area contributed by atoms with E-state index in [1.165, 1.54) is 6.20 Å². The smallest absolute Gasteiger partial charge is 0.0416 e. The van der Waals surface area contributed by atoms with Gasteiger partial charge < -0.3 is 0 Å². The van der Waals surface area contributed by atoms with Gasteiger partial charge in [-0.25, -0.2) is 5.53 Å². The summed E-state index contributed by atoms with van der Waals surface area (Å²) in [7, 11) is 0. The normalized spacial score (nSPS) is 4.00. The van der Waals surface area contributed by atoms with E-state index in [0.29, 0.717) is 0 Å². The van der Waals surface area contributed by atoms with Crippen molar-refractivity contribution < 1.29 is 20.4 Å². The topological polar surface area (TPSA) is 36.2 Å². The van der Waals surface area contributed by atoms with Gasteiger partial charge in [-0.3, -0.25) is 0 Å². The predicted molar refractivity (Wildman–Crippen MR) is 15.3 cm³/mol. The zero-order chi connectivity index (χ0) is 3.41. The fourth-order valence-corrected chi connectivity index (χ4v) is 0. The molecule has 0 aromatic rings. The van der Waals surface area contributed by atoms with Crippen LogP contribution >= 0.6 is 0 Å². The molecule has 0 amide bonds. The first-order chi connectivity index (χ1) is 1.91. The van der Waals surface area contributed by atoms with Crippen LogP contribution in [0.15, 0.2) is 17.9 Å². The third-order valence-corrected chi connectivity index (χ3v) is 0.0913. The molecule has 0 atom stereocenters. The molecule has 1 N–H and O–H groups in total. The van der Waals surface area contributed by atoms with Gasteiger partial charge in [-0.2, -0.15) is 5.11 Å². The van der Waals surface area contributed by atoms with Crippen molar-refractivity contribution in [2.75, 3.05) is 0 Å². The Morgan fingerprint density at radius 1 is 1.80 bits per heavy atom. The molecular weight excluding hydrogens is 158 g/mol. The van der Waals surface area contributed by atoms with E-state index in [4.69, 9.17) is 5.53 Å². The maximum Gasteiger partial charge on any atom is 0.0416 e. The minimum atomic E-state index is 0. The van der Waals surface area contributed by atoms with E-state index in [9.17, 15) is 0 Å². The van der Waals surface area contributed by atoms with Crippen molar-refractivity contribution in [2.45, 2.75) is 0 Å². The van der Waals surface area contributed by atoms with Gasteiger partial charge in [-0.1, -0.05) is 6.58 Å². The Labute approximate surface area is 44.4 Å². The number of rotatable bonds is 1. The summed E-state index contributed by atoms with van der Waals surface area (Å²) in [5.41, 5.74) is 5.96. The fourth-order valence-electron chi connectivity index (χ4n) is 0. The Kier molecular flexibility index (Phi) is 16.0. The fraction of sp³-hybridized carbons (Fsp3) is 0. The predicted octanol–water partition coefficient (Wildman–Crippen LogP) is 1.16. The van der Waals surface area contributed by atoms with Crippen LogP contribution in [-0.4, -0.2) is 0 Å². The minimum Gasteiger partial charge on any atom is -0.205 e. The van der Waals surface area contributed by atoms with Crippen molar-refractivity contribution in [3.8, 4) is 0 Å². The van der Waals surface area contributed by atoms with E-state index in [1.54, 1.807) is 0 Å². The van der Waals surface area contributed by atoms with Crippen molar-refractivity contribution in [3.05, 3.63) is 12.8 Å². The first-order valence-corrected chi connectivity index (χ1v) is 0.890. The molecule has 0 heterocycles. The Morgan fingerprint density at radius 3 is 2.00 bits per heavy atom. The zero-order valence-corrected chi connectivity index (χ0v) is 4.10. The molecular formula is C2H4N2Pd. The quantitative estimate of drug-likeness (QED) is 0.444. The van der Waals surface area contributed by atoms with Gasteiger partial charge in [0, 0.05) is 26.6 Å². The van der Waals surface area contributed by atoms with Crippen molar-refractivity contribution in [3.63, 3.8) is 0 Å². The van der Waals surface area contributed by atoms with E-state index in [2.05, 4.69) is 11.7 Å². The second kappa shape index (κ2) is 9.00. The van der Waals surface area contributed by atoms with Gasteiger partial charge in [-0.15, -0.1) is 0 Å². The summed E-state index contributed by atoms with van der Waals surface area (Å²) in [6.07, 6.45) is 1.17. The first kappa shape index (κ1) is 8.89. The molecule has 0 radical (unpaired) electrons. The molecule has 0 fully saturated rings. The van der Waals surface area contributed by atoms with Crippen LogP contribution in [0.5, 0.6) is 0 Å². The molecule has 0 rings (SSSR count). The van der Waals surface area contributed by atoms with E-state index >= 15 is 0 Å². The number of nitrogens with zero attached hydrogens (tertiary/aromatic N) is 1. The molecule has 0 aliphatic rings. The van der Waals surface area contributed by atoms with Gasteiger partial charge >= 0.3 is 0 Å². The molecule has 32 valence electrons. The van der Waals surface area contributed by atoms with Gasteiger partial charge in [0.15, 0.2) is 0 Å². The van der Waals surface area contributed by atoms with Crippen LogP contribution in [0.2, 0.25) is 0 Å². The minimum absolute atomic E-state index is 0. The number of nitrogens with one attached hydrogen (secondary N) is 1. The Morgan fingerprint density at radius 2 is 2.00 bits per heavy atom. The molecule has 0 bridgehead atoms. The average Bonchev–Trinajstić information content (AvgIpc) is 1.37. The second-order valence-corrected chi connectivity index (χ2v) is 0.312. The Hall–Kier alpha value is 0.00234. The van der Waals surface area contributed by atoms with Gasteiger partial charge in [0.1, 0.15) is 0 Å². The Bertz CT molecular complexity index is 28.6. The van der Waals surface area contributed by atoms with Crippen molar-refractivity contribution in [2.24, 2.45) is 5.11 Å². The molecule has 0 aliphatic carbocycles. The maximum absolute atomic E-state index is 5.96. The first-order valence-electron chi connectivity index (χ1n) is 0.890.